The molecule has 0 aromatic heterocycles. The molecule has 0 aliphatic rings. The van der Waals surface area contributed by atoms with Gasteiger partial charge in [-0.2, -0.15) is 0 Å². The summed E-state index contributed by atoms with van der Waals surface area (Å²) >= 11 is 0. The van der Waals surface area contributed by atoms with Gasteiger partial charge in [-0.3, -0.25) is 9.59 Å². The van der Waals surface area contributed by atoms with E-state index in [1.807, 2.05) is 0 Å². The van der Waals surface area contributed by atoms with Crippen molar-refractivity contribution < 1.29 is 14.7 Å². The van der Waals surface area contributed by atoms with Crippen molar-refractivity contribution in [3.63, 3.8) is 0 Å². The molecule has 0 saturated heterocycles. The fourth-order valence-electron chi connectivity index (χ4n) is 0.931. The molecular weight excluding hydrogens is 182 g/mol. The van der Waals surface area contributed by atoms with Gasteiger partial charge in [-0.1, -0.05) is 13.0 Å². The number of carbonyl (C=O) groups excluding carboxylic acids is 1. The molecule has 2 N–H and O–H groups in total. The van der Waals surface area contributed by atoms with Crippen molar-refractivity contribution >= 4 is 11.9 Å². The van der Waals surface area contributed by atoms with E-state index >= 15 is 0 Å². The van der Waals surface area contributed by atoms with E-state index in [-0.39, 0.29) is 12.3 Å². The van der Waals surface area contributed by atoms with Gasteiger partial charge in [-0.25, -0.2) is 0 Å². The molecule has 0 atom stereocenters. The molecule has 0 fully saturated rings. The molecule has 0 rings (SSSR count). The highest BCUT2D eigenvalue weighted by atomic mass is 16.4. The number of nitrogens with one attached hydrogen (secondary N) is 1. The van der Waals surface area contributed by atoms with Gasteiger partial charge in [-0.05, 0) is 19.8 Å². The zero-order valence-corrected chi connectivity index (χ0v) is 8.51. The molecule has 14 heavy (non-hydrogen) atoms. The Kier molecular flexibility index (Phi) is 6.45. The second-order valence-electron chi connectivity index (χ2n) is 3.24. The summed E-state index contributed by atoms with van der Waals surface area (Å²) in [6, 6.07) is 0. The molecule has 0 bridgehead atoms. The highest BCUT2D eigenvalue weighted by Crippen LogP contribution is 1.98. The summed E-state index contributed by atoms with van der Waals surface area (Å²) in [4.78, 5) is 21.1. The minimum Gasteiger partial charge on any atom is -0.481 e. The van der Waals surface area contributed by atoms with Crippen molar-refractivity contribution in [1.29, 1.82) is 0 Å². The molecule has 0 unspecified atom stereocenters. The van der Waals surface area contributed by atoms with Crippen LogP contribution in [0.15, 0.2) is 12.2 Å². The number of hydrogen-bond donors (Lipinski definition) is 2. The highest BCUT2D eigenvalue weighted by Gasteiger charge is 2.00. The Bertz CT molecular complexity index is 223. The van der Waals surface area contributed by atoms with Gasteiger partial charge in [0, 0.05) is 18.5 Å². The maximum Gasteiger partial charge on any atom is 0.303 e. The number of carboxylic acids is 1. The van der Waals surface area contributed by atoms with Crippen molar-refractivity contribution in [1.82, 2.24) is 5.32 Å². The van der Waals surface area contributed by atoms with Gasteiger partial charge in [0.05, 0.1) is 0 Å². The molecule has 0 spiro atoms. The summed E-state index contributed by atoms with van der Waals surface area (Å²) in [6.45, 7) is 5.74. The van der Waals surface area contributed by atoms with E-state index in [1.165, 1.54) is 0 Å². The molecule has 0 radical (unpaired) electrons. The van der Waals surface area contributed by atoms with Crippen LogP contribution in [0.2, 0.25) is 0 Å². The van der Waals surface area contributed by atoms with E-state index < -0.39 is 5.97 Å². The van der Waals surface area contributed by atoms with E-state index in [4.69, 9.17) is 5.11 Å². The van der Waals surface area contributed by atoms with Crippen LogP contribution < -0.4 is 5.32 Å². The van der Waals surface area contributed by atoms with Crippen LogP contribution in [0.1, 0.15) is 32.6 Å². The Hall–Kier alpha value is -1.32. The predicted molar refractivity (Wildman–Crippen MR) is 53.9 cm³/mol. The molecule has 80 valence electrons. The molecular formula is C10H17NO3. The Morgan fingerprint density at radius 3 is 2.43 bits per heavy atom. The molecule has 4 heteroatoms. The lowest BCUT2D eigenvalue weighted by atomic mass is 10.2. The second kappa shape index (κ2) is 7.12. The van der Waals surface area contributed by atoms with Crippen LogP contribution >= 0.6 is 0 Å². The number of unbranched alkanes of at least 4 members (excludes halogenated alkanes) is 2. The summed E-state index contributed by atoms with van der Waals surface area (Å²) in [5, 5.41) is 11.0. The van der Waals surface area contributed by atoms with Gasteiger partial charge in [0.2, 0.25) is 5.91 Å². The van der Waals surface area contributed by atoms with Crippen LogP contribution in [-0.4, -0.2) is 23.5 Å². The lowest BCUT2D eigenvalue weighted by Gasteiger charge is -2.03. The monoisotopic (exact) mass is 199 g/mol. The Morgan fingerprint density at radius 1 is 1.29 bits per heavy atom. The number of aliphatic carboxylic acids is 1. The Morgan fingerprint density at radius 2 is 1.93 bits per heavy atom. The molecule has 0 aliphatic carbocycles. The standard InChI is InChI=1S/C10H17NO3/c1-8(2)10(14)11-7-5-3-4-6-9(12)13/h1,3-7H2,2H3,(H,11,14)(H,12,13). The predicted octanol–water partition coefficient (Wildman–Crippen LogP) is 1.32. The van der Waals surface area contributed by atoms with Gasteiger partial charge in [-0.15, -0.1) is 0 Å². The van der Waals surface area contributed by atoms with Crippen molar-refractivity contribution in [2.75, 3.05) is 6.54 Å². The SMILES string of the molecule is C=C(C)C(=O)NCCCCCC(=O)O. The summed E-state index contributed by atoms with van der Waals surface area (Å²) in [7, 11) is 0. The van der Waals surface area contributed by atoms with E-state index in [0.717, 1.165) is 12.8 Å². The fraction of sp³-hybridized carbons (Fsp3) is 0.600. The van der Waals surface area contributed by atoms with Crippen molar-refractivity contribution in [3.8, 4) is 0 Å². The van der Waals surface area contributed by atoms with Gasteiger partial charge in [0.15, 0.2) is 0 Å². The summed E-state index contributed by atoms with van der Waals surface area (Å²) < 4.78 is 0. The van der Waals surface area contributed by atoms with Crippen molar-refractivity contribution in [2.24, 2.45) is 0 Å². The Labute approximate surface area is 84.0 Å². The second-order valence-corrected chi connectivity index (χ2v) is 3.24. The average Bonchev–Trinajstić information content (AvgIpc) is 2.09. The van der Waals surface area contributed by atoms with Crippen LogP contribution in [0.25, 0.3) is 0 Å². The molecule has 0 aromatic carbocycles. The van der Waals surface area contributed by atoms with E-state index in [9.17, 15) is 9.59 Å². The lowest BCUT2D eigenvalue weighted by molar-refractivity contribution is -0.137. The van der Waals surface area contributed by atoms with Gasteiger partial charge < -0.3 is 10.4 Å². The van der Waals surface area contributed by atoms with Gasteiger partial charge in [0.1, 0.15) is 0 Å². The third-order valence-electron chi connectivity index (χ3n) is 1.74. The number of rotatable bonds is 7. The average molecular weight is 199 g/mol. The summed E-state index contributed by atoms with van der Waals surface area (Å²) in [5.41, 5.74) is 0.496. The third-order valence-corrected chi connectivity index (χ3v) is 1.74. The minimum absolute atomic E-state index is 0.136. The fourth-order valence-corrected chi connectivity index (χ4v) is 0.931. The largest absolute Gasteiger partial charge is 0.481 e. The van der Waals surface area contributed by atoms with Crippen LogP contribution in [0, 0.1) is 0 Å². The first kappa shape index (κ1) is 12.7. The number of amides is 1. The lowest BCUT2D eigenvalue weighted by Crippen LogP contribution is -2.24. The summed E-state index contributed by atoms with van der Waals surface area (Å²) in [6.07, 6.45) is 2.50. The zero-order valence-electron chi connectivity index (χ0n) is 8.51. The Balaban J connectivity index is 3.26. The molecule has 0 saturated carbocycles. The van der Waals surface area contributed by atoms with Gasteiger partial charge in [0.25, 0.3) is 0 Å². The molecule has 0 aliphatic heterocycles. The van der Waals surface area contributed by atoms with Crippen molar-refractivity contribution in [2.45, 2.75) is 32.6 Å². The topological polar surface area (TPSA) is 66.4 Å². The first-order valence-corrected chi connectivity index (χ1v) is 4.69. The van der Waals surface area contributed by atoms with Gasteiger partial charge >= 0.3 is 5.97 Å². The quantitative estimate of drug-likeness (QED) is 0.480. The number of hydrogen-bond acceptors (Lipinski definition) is 2. The first-order valence-electron chi connectivity index (χ1n) is 4.69. The van der Waals surface area contributed by atoms with E-state index in [0.29, 0.717) is 18.5 Å². The third kappa shape index (κ3) is 7.34. The molecule has 1 amide bonds. The smallest absolute Gasteiger partial charge is 0.303 e. The van der Waals surface area contributed by atoms with Crippen LogP contribution in [0.4, 0.5) is 0 Å². The normalized spacial score (nSPS) is 9.50. The van der Waals surface area contributed by atoms with E-state index in [2.05, 4.69) is 11.9 Å². The highest BCUT2D eigenvalue weighted by molar-refractivity contribution is 5.91. The maximum atomic E-state index is 11.0. The zero-order chi connectivity index (χ0) is 11.0. The van der Waals surface area contributed by atoms with Crippen LogP contribution in [0.3, 0.4) is 0 Å². The van der Waals surface area contributed by atoms with Crippen molar-refractivity contribution in [3.05, 3.63) is 12.2 Å². The van der Waals surface area contributed by atoms with Crippen LogP contribution in [-0.2, 0) is 9.59 Å². The number of carbonyl (C=O) groups is 2. The first-order chi connectivity index (χ1) is 6.54. The molecule has 0 heterocycles. The molecule has 0 aromatic rings. The van der Waals surface area contributed by atoms with E-state index in [1.54, 1.807) is 6.92 Å². The molecule has 4 nitrogen and oxygen atoms in total. The maximum absolute atomic E-state index is 11.0. The summed E-state index contributed by atoms with van der Waals surface area (Å²) in [5.74, 6) is -0.904. The number of carboxylic acid groups (broad SMARTS) is 1. The van der Waals surface area contributed by atoms with Crippen LogP contribution in [0.5, 0.6) is 0 Å². The minimum atomic E-state index is -0.768.